The van der Waals surface area contributed by atoms with Gasteiger partial charge in [0.2, 0.25) is 0 Å². The Balaban J connectivity index is 1.92. The third kappa shape index (κ3) is 3.42. The highest BCUT2D eigenvalue weighted by molar-refractivity contribution is 6.61. The summed E-state index contributed by atoms with van der Waals surface area (Å²) in [7, 11) is -0.735. The van der Waals surface area contributed by atoms with E-state index in [-0.39, 0.29) is 32.1 Å². The quantitative estimate of drug-likeness (QED) is 0.271. The zero-order valence-electron chi connectivity index (χ0n) is 27.2. The van der Waals surface area contributed by atoms with Crippen LogP contribution in [0.2, 0.25) is 18.1 Å². The van der Waals surface area contributed by atoms with Gasteiger partial charge in [-0.2, -0.15) is 0 Å². The summed E-state index contributed by atoms with van der Waals surface area (Å²) in [4.78, 5) is 0. The summed E-state index contributed by atoms with van der Waals surface area (Å²) >= 11 is 0. The molecule has 0 fully saturated rings. The average Bonchev–Trinajstić information content (AvgIpc) is 3.28. The minimum Gasteiger partial charge on any atom is -0.122 e. The average molecular weight is 536 g/mol. The Morgan fingerprint density at radius 2 is 1.28 bits per heavy atom. The van der Waals surface area contributed by atoms with Crippen LogP contribution in [0.5, 0.6) is 0 Å². The first-order valence-electron chi connectivity index (χ1n) is 15.0. The third-order valence-electron chi connectivity index (χ3n) is 11.7. The van der Waals surface area contributed by atoms with Crippen molar-refractivity contribution >= 4 is 14.9 Å². The van der Waals surface area contributed by atoms with E-state index in [1.165, 1.54) is 45.4 Å². The molecule has 0 bridgehead atoms. The van der Waals surface area contributed by atoms with E-state index in [0.717, 1.165) is 0 Å². The van der Waals surface area contributed by atoms with Crippen molar-refractivity contribution in [2.45, 2.75) is 129 Å². The number of hydrogen-bond acceptors (Lipinski definition) is 0. The van der Waals surface area contributed by atoms with Crippen LogP contribution >= 0.6 is 0 Å². The highest BCUT2D eigenvalue weighted by Gasteiger charge is 2.66. The molecule has 0 heterocycles. The fourth-order valence-electron chi connectivity index (χ4n) is 9.40. The smallest absolute Gasteiger partial charge is 0.0551 e. The highest BCUT2D eigenvalue weighted by atomic mass is 28.3. The van der Waals surface area contributed by atoms with Crippen LogP contribution in [-0.4, -0.2) is 8.80 Å². The molecule has 0 spiro atoms. The van der Waals surface area contributed by atoms with Crippen molar-refractivity contribution in [3.05, 3.63) is 92.2 Å². The van der Waals surface area contributed by atoms with Gasteiger partial charge in [0.1, 0.15) is 0 Å². The Bertz CT molecular complexity index is 1460. The van der Waals surface area contributed by atoms with E-state index in [2.05, 4.69) is 144 Å². The monoisotopic (exact) mass is 535 g/mol. The Hall–Kier alpha value is -2.08. The predicted octanol–water partition coefficient (Wildman–Crippen LogP) is 10.7. The van der Waals surface area contributed by atoms with E-state index in [1.54, 1.807) is 11.1 Å². The van der Waals surface area contributed by atoms with Crippen LogP contribution in [-0.2, 0) is 21.7 Å². The summed E-state index contributed by atoms with van der Waals surface area (Å²) in [6.45, 7) is 34.1. The molecule has 0 aromatic heterocycles. The van der Waals surface area contributed by atoms with Gasteiger partial charge in [-0.05, 0) is 93.0 Å². The molecule has 0 N–H and O–H groups in total. The first-order chi connectivity index (χ1) is 17.8. The summed E-state index contributed by atoms with van der Waals surface area (Å²) in [6.07, 6.45) is 3.73. The molecule has 3 aliphatic rings. The van der Waals surface area contributed by atoms with Crippen molar-refractivity contribution in [2.24, 2.45) is 5.41 Å². The first kappa shape index (κ1) is 28.4. The lowest BCUT2D eigenvalue weighted by atomic mass is 9.49. The maximum Gasteiger partial charge on any atom is 0.0551 e. The van der Waals surface area contributed by atoms with Crippen molar-refractivity contribution in [1.29, 1.82) is 0 Å². The second kappa shape index (κ2) is 8.24. The fourth-order valence-corrected chi connectivity index (χ4v) is 11.6. The molecule has 3 aliphatic carbocycles. The van der Waals surface area contributed by atoms with Gasteiger partial charge in [-0.3, -0.25) is 0 Å². The molecule has 207 valence electrons. The molecule has 3 atom stereocenters. The van der Waals surface area contributed by atoms with Crippen LogP contribution in [0.1, 0.15) is 123 Å². The molecule has 1 heteroatoms. The summed E-state index contributed by atoms with van der Waals surface area (Å²) in [5, 5.41) is 0.0644. The molecular formula is C38H51Si. The largest absolute Gasteiger partial charge is 0.122 e. The van der Waals surface area contributed by atoms with Gasteiger partial charge in [-0.1, -0.05) is 123 Å². The van der Waals surface area contributed by atoms with Gasteiger partial charge in [0, 0.05) is 5.41 Å². The third-order valence-corrected chi connectivity index (χ3v) is 14.6. The molecule has 3 unspecified atom stereocenters. The summed E-state index contributed by atoms with van der Waals surface area (Å²) in [5.41, 5.74) is 17.3. The SMILES string of the molecule is CC1=C=C(C)C(C)(C2(c3ccc(C(C)(C)C)cc3)C(C)=Cc3cc4c(cc32)C(C)(C)CC4(C)C)C1(C)[Si](C)C. The van der Waals surface area contributed by atoms with Gasteiger partial charge in [-0.25, -0.2) is 0 Å². The second-order valence-corrected chi connectivity index (χ2v) is 19.0. The van der Waals surface area contributed by atoms with Crippen LogP contribution in [0, 0.1) is 5.41 Å². The maximum absolute atomic E-state index is 3.95. The molecule has 2 aromatic rings. The van der Waals surface area contributed by atoms with Gasteiger partial charge < -0.3 is 0 Å². The maximum atomic E-state index is 3.95. The van der Waals surface area contributed by atoms with Crippen molar-refractivity contribution in [3.63, 3.8) is 0 Å². The Morgan fingerprint density at radius 1 is 0.744 bits per heavy atom. The van der Waals surface area contributed by atoms with Crippen molar-refractivity contribution in [1.82, 2.24) is 0 Å². The number of fused-ring (bicyclic) bond motifs is 2. The highest BCUT2D eigenvalue weighted by Crippen LogP contribution is 2.73. The molecule has 2 aromatic carbocycles. The minimum atomic E-state index is -0.735. The topological polar surface area (TPSA) is 0 Å². The molecule has 39 heavy (non-hydrogen) atoms. The van der Waals surface area contributed by atoms with E-state index in [4.69, 9.17) is 0 Å². The molecular weight excluding hydrogens is 485 g/mol. The molecule has 0 saturated carbocycles. The number of rotatable bonds is 3. The zero-order valence-corrected chi connectivity index (χ0v) is 28.2. The van der Waals surface area contributed by atoms with E-state index in [1.807, 2.05) is 0 Å². The second-order valence-electron chi connectivity index (χ2n) is 16.0. The summed E-state index contributed by atoms with van der Waals surface area (Å²) < 4.78 is 0. The van der Waals surface area contributed by atoms with Crippen molar-refractivity contribution in [2.75, 3.05) is 0 Å². The van der Waals surface area contributed by atoms with E-state index in [0.29, 0.717) is 0 Å². The molecule has 0 saturated heterocycles. The van der Waals surface area contributed by atoms with Crippen molar-refractivity contribution < 1.29 is 0 Å². The Kier molecular flexibility index (Phi) is 6.01. The lowest BCUT2D eigenvalue weighted by molar-refractivity contribution is 0.211. The van der Waals surface area contributed by atoms with Crippen LogP contribution in [0.15, 0.2) is 58.8 Å². The zero-order chi connectivity index (χ0) is 29.1. The first-order valence-corrected chi connectivity index (χ1v) is 17.5. The molecule has 0 aliphatic heterocycles. The number of hydrogen-bond donors (Lipinski definition) is 0. The predicted molar refractivity (Wildman–Crippen MR) is 173 cm³/mol. The van der Waals surface area contributed by atoms with Gasteiger partial charge >= 0.3 is 0 Å². The van der Waals surface area contributed by atoms with Crippen LogP contribution < -0.4 is 0 Å². The van der Waals surface area contributed by atoms with E-state index >= 15 is 0 Å². The summed E-state index contributed by atoms with van der Waals surface area (Å²) in [6, 6.07) is 15.0. The Morgan fingerprint density at radius 3 is 1.79 bits per heavy atom. The van der Waals surface area contributed by atoms with Gasteiger partial charge in [-0.15, -0.1) is 5.73 Å². The van der Waals surface area contributed by atoms with Gasteiger partial charge in [0.15, 0.2) is 0 Å². The lowest BCUT2D eigenvalue weighted by Gasteiger charge is -2.58. The van der Waals surface area contributed by atoms with Crippen LogP contribution in [0.25, 0.3) is 6.08 Å². The standard InChI is InChI=1S/C38H51Si/c1-24-19-25(2)37(12,39(13)14)36(24,11)38(29-17-15-28(16-18-29)33(4,5)6)26(3)20-27-21-31-32(22-30(27)38)35(9,10)23-34(31,7)8/h15-18,20-22H,23H2,1-14H3. The summed E-state index contributed by atoms with van der Waals surface area (Å²) in [5.74, 6) is 0. The van der Waals surface area contributed by atoms with Crippen LogP contribution in [0.4, 0.5) is 0 Å². The normalized spacial score (nSPS) is 30.7. The molecule has 5 rings (SSSR count). The molecule has 0 amide bonds. The van der Waals surface area contributed by atoms with Crippen LogP contribution in [0.3, 0.4) is 0 Å². The molecule has 1 radical (unpaired) electrons. The van der Waals surface area contributed by atoms with E-state index < -0.39 is 8.80 Å². The minimum absolute atomic E-state index is 0.0644. The number of allylic oxidation sites excluding steroid dienone is 2. The Labute approximate surface area is 241 Å². The fraction of sp³-hybridized carbons (Fsp3) is 0.553. The van der Waals surface area contributed by atoms with E-state index in [9.17, 15) is 0 Å². The van der Waals surface area contributed by atoms with Gasteiger partial charge in [0.25, 0.3) is 0 Å². The van der Waals surface area contributed by atoms with Gasteiger partial charge in [0.05, 0.1) is 14.2 Å². The lowest BCUT2D eigenvalue weighted by Crippen LogP contribution is -2.54. The molecule has 0 nitrogen and oxygen atoms in total. The number of benzene rings is 2. The van der Waals surface area contributed by atoms with Crippen molar-refractivity contribution in [3.8, 4) is 0 Å².